The van der Waals surface area contributed by atoms with E-state index in [1.807, 2.05) is 37.4 Å². The summed E-state index contributed by atoms with van der Waals surface area (Å²) in [5.41, 5.74) is 2.32. The zero-order valence-electron chi connectivity index (χ0n) is 13.3. The molecule has 0 fully saturated rings. The van der Waals surface area contributed by atoms with Gasteiger partial charge in [0.05, 0.1) is 6.61 Å². The highest BCUT2D eigenvalue weighted by Gasteiger charge is 2.06. The summed E-state index contributed by atoms with van der Waals surface area (Å²) < 4.78 is 11.2. The third-order valence-electron chi connectivity index (χ3n) is 3.05. The van der Waals surface area contributed by atoms with E-state index >= 15 is 0 Å². The van der Waals surface area contributed by atoms with Gasteiger partial charge in [-0.1, -0.05) is 24.8 Å². The number of ether oxygens (including phenoxy) is 2. The molecule has 0 bridgehead atoms. The minimum Gasteiger partial charge on any atom is -1.00 e. The smallest absolute Gasteiger partial charge is 0.161 e. The van der Waals surface area contributed by atoms with Crippen molar-refractivity contribution in [3.05, 3.63) is 66.5 Å². The molecule has 0 atom stereocenters. The number of pyridine rings is 1. The Morgan fingerprint density at radius 2 is 1.96 bits per heavy atom. The lowest BCUT2D eigenvalue weighted by atomic mass is 10.2. The lowest BCUT2D eigenvalue weighted by Crippen LogP contribution is -3.00. The molecule has 0 amide bonds. The average molecular weight is 334 g/mol. The van der Waals surface area contributed by atoms with E-state index in [1.54, 1.807) is 12.3 Å². The van der Waals surface area contributed by atoms with Crippen LogP contribution in [0, 0.1) is 0 Å². The fourth-order valence-electron chi connectivity index (χ4n) is 2.05. The van der Waals surface area contributed by atoms with E-state index in [4.69, 9.17) is 9.47 Å². The molecule has 0 spiro atoms. The lowest BCUT2D eigenvalue weighted by molar-refractivity contribution is -0.00000541. The summed E-state index contributed by atoms with van der Waals surface area (Å²) in [7, 11) is 0. The molecule has 0 radical (unpaired) electrons. The summed E-state index contributed by atoms with van der Waals surface area (Å²) in [4.78, 5) is 4.10. The quantitative estimate of drug-likeness (QED) is 0.672. The van der Waals surface area contributed by atoms with Crippen LogP contribution in [0.25, 0.3) is 0 Å². The first-order valence-electron chi connectivity index (χ1n) is 7.42. The molecule has 0 saturated heterocycles. The first-order chi connectivity index (χ1) is 10.8. The van der Waals surface area contributed by atoms with Crippen molar-refractivity contribution < 1.29 is 21.9 Å². The fourth-order valence-corrected chi connectivity index (χ4v) is 2.05. The summed E-state index contributed by atoms with van der Waals surface area (Å²) in [5.74, 6) is 1.52. The van der Waals surface area contributed by atoms with Gasteiger partial charge in [0.25, 0.3) is 0 Å². The highest BCUT2D eigenvalue weighted by atomic mass is 35.5. The predicted molar refractivity (Wildman–Crippen MR) is 88.1 cm³/mol. The molecule has 0 aliphatic rings. The first-order valence-corrected chi connectivity index (χ1v) is 7.42. The number of halogens is 1. The predicted octanol–water partition coefficient (Wildman–Crippen LogP) is 0.339. The van der Waals surface area contributed by atoms with E-state index in [-0.39, 0.29) is 12.4 Å². The fraction of sp³-hybridized carbons (Fsp3) is 0.278. The molecule has 0 unspecified atom stereocenters. The van der Waals surface area contributed by atoms with Crippen LogP contribution >= 0.6 is 0 Å². The Labute approximate surface area is 144 Å². The number of benzene rings is 1. The third-order valence-corrected chi connectivity index (χ3v) is 3.05. The van der Waals surface area contributed by atoms with Gasteiger partial charge >= 0.3 is 0 Å². The van der Waals surface area contributed by atoms with Gasteiger partial charge in [0.2, 0.25) is 0 Å². The van der Waals surface area contributed by atoms with E-state index in [0.717, 1.165) is 30.2 Å². The van der Waals surface area contributed by atoms with Gasteiger partial charge in [0.1, 0.15) is 6.61 Å². The Kier molecular flexibility index (Phi) is 8.80. The normalized spacial score (nSPS) is 9.78. The summed E-state index contributed by atoms with van der Waals surface area (Å²) in [6.45, 7) is 8.24. The second kappa shape index (κ2) is 10.6. The molecule has 124 valence electrons. The molecule has 1 aromatic carbocycles. The number of nitrogens with zero attached hydrogens (tertiary/aromatic N) is 1. The monoisotopic (exact) mass is 333 g/mol. The first kappa shape index (κ1) is 19.0. The molecular formula is C18H22ClN2O2-. The van der Waals surface area contributed by atoms with Crippen molar-refractivity contribution in [2.24, 2.45) is 0 Å². The minimum atomic E-state index is 0. The molecule has 4 nitrogen and oxygen atoms in total. The van der Waals surface area contributed by atoms with Crippen molar-refractivity contribution in [2.75, 3.05) is 13.2 Å². The van der Waals surface area contributed by atoms with Crippen molar-refractivity contribution in [1.82, 2.24) is 10.3 Å². The zero-order valence-corrected chi connectivity index (χ0v) is 14.1. The highest BCUT2D eigenvalue weighted by Crippen LogP contribution is 2.28. The molecule has 5 heteroatoms. The summed E-state index contributed by atoms with van der Waals surface area (Å²) in [6, 6.07) is 9.98. The Morgan fingerprint density at radius 1 is 1.13 bits per heavy atom. The standard InChI is InChI=1S/C18H22N2O2.ClH/c1-3-10-22-17-8-7-15(11-18(17)21-4-2)12-20-14-16-6-5-9-19-13-16;/h3,5-9,11,13,20H,1,4,10,12,14H2,2H3;1H/p-1. The highest BCUT2D eigenvalue weighted by molar-refractivity contribution is 5.43. The van der Waals surface area contributed by atoms with Gasteiger partial charge in [0.15, 0.2) is 11.5 Å². The SMILES string of the molecule is C=CCOc1ccc(CNCc2cccnc2)cc1OCC.[Cl-]. The van der Waals surface area contributed by atoms with Crippen molar-refractivity contribution >= 4 is 0 Å². The number of nitrogens with one attached hydrogen (secondary N) is 1. The molecule has 2 aromatic rings. The Hall–Kier alpha value is -2.04. The average Bonchev–Trinajstić information content (AvgIpc) is 2.55. The van der Waals surface area contributed by atoms with Crippen molar-refractivity contribution in [2.45, 2.75) is 20.0 Å². The summed E-state index contributed by atoms with van der Waals surface area (Å²) in [6.07, 6.45) is 5.36. The Balaban J connectivity index is 0.00000264. The maximum absolute atomic E-state index is 5.64. The van der Waals surface area contributed by atoms with Crippen LogP contribution in [0.5, 0.6) is 11.5 Å². The van der Waals surface area contributed by atoms with Crippen LogP contribution in [0.4, 0.5) is 0 Å². The minimum absolute atomic E-state index is 0. The molecular weight excluding hydrogens is 312 g/mol. The maximum Gasteiger partial charge on any atom is 0.161 e. The number of hydrogen-bond acceptors (Lipinski definition) is 4. The van der Waals surface area contributed by atoms with Crippen LogP contribution in [0.15, 0.2) is 55.4 Å². The van der Waals surface area contributed by atoms with Gasteiger partial charge in [-0.2, -0.15) is 0 Å². The molecule has 2 rings (SSSR count). The van der Waals surface area contributed by atoms with Crippen LogP contribution in [0.1, 0.15) is 18.1 Å². The molecule has 0 aliphatic heterocycles. The van der Waals surface area contributed by atoms with Gasteiger partial charge in [-0.05, 0) is 36.2 Å². The summed E-state index contributed by atoms with van der Waals surface area (Å²) in [5, 5.41) is 3.40. The van der Waals surface area contributed by atoms with E-state index in [0.29, 0.717) is 13.2 Å². The zero-order chi connectivity index (χ0) is 15.6. The van der Waals surface area contributed by atoms with E-state index in [9.17, 15) is 0 Å². The van der Waals surface area contributed by atoms with Gasteiger partial charge < -0.3 is 27.2 Å². The lowest BCUT2D eigenvalue weighted by Gasteiger charge is -2.13. The van der Waals surface area contributed by atoms with Crippen LogP contribution in [-0.4, -0.2) is 18.2 Å². The van der Waals surface area contributed by atoms with Crippen LogP contribution < -0.4 is 27.2 Å². The number of hydrogen-bond donors (Lipinski definition) is 1. The molecule has 1 aromatic heterocycles. The van der Waals surface area contributed by atoms with E-state index in [1.165, 1.54) is 5.56 Å². The van der Waals surface area contributed by atoms with Crippen molar-refractivity contribution in [3.63, 3.8) is 0 Å². The van der Waals surface area contributed by atoms with Gasteiger partial charge in [-0.15, -0.1) is 0 Å². The molecule has 0 aliphatic carbocycles. The molecule has 23 heavy (non-hydrogen) atoms. The molecule has 1 heterocycles. The van der Waals surface area contributed by atoms with E-state index < -0.39 is 0 Å². The maximum atomic E-state index is 5.64. The van der Waals surface area contributed by atoms with Gasteiger partial charge in [-0.25, -0.2) is 0 Å². The van der Waals surface area contributed by atoms with Gasteiger partial charge in [-0.3, -0.25) is 4.98 Å². The van der Waals surface area contributed by atoms with Crippen molar-refractivity contribution in [3.8, 4) is 11.5 Å². The summed E-state index contributed by atoms with van der Waals surface area (Å²) >= 11 is 0. The van der Waals surface area contributed by atoms with E-state index in [2.05, 4.69) is 22.9 Å². The number of rotatable bonds is 9. The third kappa shape index (κ3) is 6.30. The van der Waals surface area contributed by atoms with Gasteiger partial charge in [0, 0.05) is 25.5 Å². The topological polar surface area (TPSA) is 43.4 Å². The second-order valence-corrected chi connectivity index (χ2v) is 4.78. The van der Waals surface area contributed by atoms with Crippen LogP contribution in [0.2, 0.25) is 0 Å². The Morgan fingerprint density at radius 3 is 2.65 bits per heavy atom. The molecule has 0 saturated carbocycles. The van der Waals surface area contributed by atoms with Crippen LogP contribution in [0.3, 0.4) is 0 Å². The van der Waals surface area contributed by atoms with Crippen LogP contribution in [-0.2, 0) is 13.1 Å². The second-order valence-electron chi connectivity index (χ2n) is 4.78. The molecule has 1 N–H and O–H groups in total. The largest absolute Gasteiger partial charge is 1.00 e. The Bertz CT molecular complexity index is 591. The number of aromatic nitrogens is 1. The van der Waals surface area contributed by atoms with Crippen molar-refractivity contribution in [1.29, 1.82) is 0 Å².